The average molecular weight is 448 g/mol. The summed E-state index contributed by atoms with van der Waals surface area (Å²) in [5.41, 5.74) is 5.13. The number of benzene rings is 2. The second kappa shape index (κ2) is 8.09. The molecule has 6 rings (SSSR count). The lowest BCUT2D eigenvalue weighted by atomic mass is 9.79. The van der Waals surface area contributed by atoms with Gasteiger partial charge in [-0.15, -0.1) is 0 Å². The zero-order valence-corrected chi connectivity index (χ0v) is 19.8. The quantitative estimate of drug-likeness (QED) is 0.647. The van der Waals surface area contributed by atoms with Crippen molar-refractivity contribution in [3.05, 3.63) is 70.8 Å². The molecule has 3 heterocycles. The van der Waals surface area contributed by atoms with Gasteiger partial charge < -0.3 is 0 Å². The Labute approximate surface area is 193 Å². The molecule has 31 heavy (non-hydrogen) atoms. The Morgan fingerprint density at radius 3 is 1.97 bits per heavy atom. The number of hydrogen-bond donors (Lipinski definition) is 1. The highest BCUT2D eigenvalue weighted by Crippen LogP contribution is 2.50. The van der Waals surface area contributed by atoms with E-state index in [1.54, 1.807) is 0 Å². The fraction of sp³-hybridized carbons (Fsp3) is 0.462. The minimum absolute atomic E-state index is 0.202. The number of hydrogen-bond acceptors (Lipinski definition) is 5. The number of piperidine rings is 1. The highest BCUT2D eigenvalue weighted by molar-refractivity contribution is 8.15. The van der Waals surface area contributed by atoms with Gasteiger partial charge in [0.1, 0.15) is 11.2 Å². The summed E-state index contributed by atoms with van der Waals surface area (Å²) in [5, 5.41) is 7.13. The molecule has 5 atom stereocenters. The molecule has 2 aromatic rings. The molecule has 1 N–H and O–H groups in total. The molecule has 1 saturated heterocycles. The fourth-order valence-electron chi connectivity index (χ4n) is 5.62. The van der Waals surface area contributed by atoms with Crippen LogP contribution in [0.2, 0.25) is 0 Å². The smallest absolute Gasteiger partial charge is 0.114 e. The number of nitrogens with one attached hydrogen (secondary N) is 1. The highest BCUT2D eigenvalue weighted by Gasteiger charge is 2.53. The van der Waals surface area contributed by atoms with E-state index >= 15 is 0 Å². The molecule has 1 saturated carbocycles. The first kappa shape index (κ1) is 20.1. The van der Waals surface area contributed by atoms with E-state index in [1.807, 2.05) is 23.5 Å². The van der Waals surface area contributed by atoms with Crippen LogP contribution in [0, 0.1) is 25.7 Å². The summed E-state index contributed by atoms with van der Waals surface area (Å²) in [6.07, 6.45) is 5.67. The molecule has 4 aliphatic rings. The van der Waals surface area contributed by atoms with Crippen LogP contribution in [-0.2, 0) is 0 Å². The normalized spacial score (nSPS) is 32.5. The van der Waals surface area contributed by atoms with Crippen LogP contribution in [0.4, 0.5) is 0 Å². The summed E-state index contributed by atoms with van der Waals surface area (Å²) >= 11 is 3.93. The van der Waals surface area contributed by atoms with Crippen LogP contribution in [0.5, 0.6) is 0 Å². The van der Waals surface area contributed by atoms with Gasteiger partial charge in [0.05, 0.1) is 21.7 Å². The van der Waals surface area contributed by atoms with E-state index in [0.29, 0.717) is 22.6 Å². The molecule has 0 aromatic heterocycles. The second-order valence-electron chi connectivity index (χ2n) is 9.45. The maximum Gasteiger partial charge on any atom is 0.114 e. The molecule has 5 heteroatoms. The van der Waals surface area contributed by atoms with E-state index in [-0.39, 0.29) is 6.17 Å². The number of thioether (sulfide) groups is 2. The Morgan fingerprint density at radius 2 is 1.35 bits per heavy atom. The molecule has 0 bridgehead atoms. The van der Waals surface area contributed by atoms with Gasteiger partial charge in [0, 0.05) is 17.0 Å². The summed E-state index contributed by atoms with van der Waals surface area (Å²) in [5.74, 6) is 1.38. The first-order valence-corrected chi connectivity index (χ1v) is 13.3. The predicted molar refractivity (Wildman–Crippen MR) is 134 cm³/mol. The maximum absolute atomic E-state index is 5.36. The summed E-state index contributed by atoms with van der Waals surface area (Å²) < 4.78 is 0. The molecule has 2 fully saturated rings. The molecule has 3 nitrogen and oxygen atoms in total. The van der Waals surface area contributed by atoms with Crippen molar-refractivity contribution in [1.29, 1.82) is 0 Å². The van der Waals surface area contributed by atoms with Gasteiger partial charge in [0.2, 0.25) is 0 Å². The van der Waals surface area contributed by atoms with Crippen molar-refractivity contribution in [2.45, 2.75) is 62.4 Å². The SMILES string of the molecule is Cc1ccc(C2=NC3C(NC4N=C(c5ccc(C)cc5)SC4C3C3CCCC3)S2)cc1. The van der Waals surface area contributed by atoms with E-state index < -0.39 is 0 Å². The molecular weight excluding hydrogens is 418 g/mol. The molecule has 3 aliphatic heterocycles. The minimum atomic E-state index is 0.202. The van der Waals surface area contributed by atoms with Gasteiger partial charge in [0.25, 0.3) is 0 Å². The van der Waals surface area contributed by atoms with Crippen LogP contribution in [-0.4, -0.2) is 32.9 Å². The van der Waals surface area contributed by atoms with E-state index in [1.165, 1.54) is 58.0 Å². The van der Waals surface area contributed by atoms with Crippen molar-refractivity contribution in [2.24, 2.45) is 21.8 Å². The largest absolute Gasteiger partial charge is 0.281 e. The zero-order valence-electron chi connectivity index (χ0n) is 18.1. The monoisotopic (exact) mass is 447 g/mol. The topological polar surface area (TPSA) is 36.8 Å². The standard InChI is InChI=1S/C26H29N3S2/c1-15-7-11-18(12-8-15)24-27-21-20(17-5-3-4-6-17)22-23(29-26(21)31-24)28-25(30-22)19-13-9-16(2)10-14-19/h7-14,17,20-23,26,29H,3-6H2,1-2H3. The highest BCUT2D eigenvalue weighted by atomic mass is 32.2. The number of aliphatic imine (C=N–C) groups is 2. The van der Waals surface area contributed by atoms with Crippen molar-refractivity contribution in [1.82, 2.24) is 5.32 Å². The average Bonchev–Trinajstić information content (AvgIpc) is 3.52. The Kier molecular flexibility index (Phi) is 5.24. The lowest BCUT2D eigenvalue weighted by Gasteiger charge is -2.42. The molecule has 160 valence electrons. The van der Waals surface area contributed by atoms with Gasteiger partial charge >= 0.3 is 0 Å². The predicted octanol–water partition coefficient (Wildman–Crippen LogP) is 5.79. The van der Waals surface area contributed by atoms with Crippen LogP contribution in [0.1, 0.15) is 47.9 Å². The number of aryl methyl sites for hydroxylation is 2. The Balaban J connectivity index is 1.31. The van der Waals surface area contributed by atoms with Crippen LogP contribution < -0.4 is 5.32 Å². The number of nitrogens with zero attached hydrogens (tertiary/aromatic N) is 2. The molecule has 5 unspecified atom stereocenters. The van der Waals surface area contributed by atoms with Gasteiger partial charge in [-0.3, -0.25) is 15.3 Å². The Bertz CT molecular complexity index is 1020. The molecule has 2 aromatic carbocycles. The lowest BCUT2D eigenvalue weighted by Crippen LogP contribution is -2.58. The van der Waals surface area contributed by atoms with E-state index in [0.717, 1.165) is 5.92 Å². The van der Waals surface area contributed by atoms with Crippen LogP contribution in [0.15, 0.2) is 58.5 Å². The lowest BCUT2D eigenvalue weighted by molar-refractivity contribution is 0.200. The third-order valence-electron chi connectivity index (χ3n) is 7.28. The Morgan fingerprint density at radius 1 is 0.774 bits per heavy atom. The molecule has 0 spiro atoms. The minimum Gasteiger partial charge on any atom is -0.281 e. The van der Waals surface area contributed by atoms with Crippen molar-refractivity contribution in [3.63, 3.8) is 0 Å². The Hall–Kier alpha value is -1.56. The van der Waals surface area contributed by atoms with Crippen molar-refractivity contribution < 1.29 is 0 Å². The summed E-state index contributed by atoms with van der Waals surface area (Å²) in [6, 6.07) is 18.1. The van der Waals surface area contributed by atoms with Crippen molar-refractivity contribution >= 4 is 33.6 Å². The van der Waals surface area contributed by atoms with E-state index in [9.17, 15) is 0 Å². The molecular formula is C26H29N3S2. The van der Waals surface area contributed by atoms with Gasteiger partial charge in [-0.05, 0) is 19.8 Å². The summed E-state index contributed by atoms with van der Waals surface area (Å²) in [4.78, 5) is 10.6. The third-order valence-corrected chi connectivity index (χ3v) is 9.92. The number of fused-ring (bicyclic) bond motifs is 2. The van der Waals surface area contributed by atoms with Gasteiger partial charge in [-0.1, -0.05) is 109 Å². The van der Waals surface area contributed by atoms with E-state index in [4.69, 9.17) is 9.98 Å². The first-order valence-electron chi connectivity index (χ1n) is 11.5. The van der Waals surface area contributed by atoms with Crippen LogP contribution >= 0.6 is 23.5 Å². The van der Waals surface area contributed by atoms with Gasteiger partial charge in [-0.2, -0.15) is 0 Å². The van der Waals surface area contributed by atoms with Crippen LogP contribution in [0.25, 0.3) is 0 Å². The molecule has 0 radical (unpaired) electrons. The number of rotatable bonds is 3. The van der Waals surface area contributed by atoms with Gasteiger partial charge in [0.15, 0.2) is 0 Å². The van der Waals surface area contributed by atoms with Crippen molar-refractivity contribution in [3.8, 4) is 0 Å². The molecule has 1 aliphatic carbocycles. The second-order valence-corrected chi connectivity index (χ2v) is 11.7. The van der Waals surface area contributed by atoms with E-state index in [2.05, 4.69) is 67.7 Å². The van der Waals surface area contributed by atoms with Gasteiger partial charge in [-0.25, -0.2) is 0 Å². The first-order chi connectivity index (χ1) is 15.2. The van der Waals surface area contributed by atoms with Crippen molar-refractivity contribution in [2.75, 3.05) is 0 Å². The zero-order chi connectivity index (χ0) is 20.9. The third kappa shape index (κ3) is 3.69. The van der Waals surface area contributed by atoms with Crippen LogP contribution in [0.3, 0.4) is 0 Å². The molecule has 0 amide bonds. The fourth-order valence-corrected chi connectivity index (χ4v) is 8.42. The summed E-state index contributed by atoms with van der Waals surface area (Å²) in [7, 11) is 0. The summed E-state index contributed by atoms with van der Waals surface area (Å²) in [6.45, 7) is 4.29. The maximum atomic E-state index is 5.36.